The van der Waals surface area contributed by atoms with Crippen LogP contribution in [0.5, 0.6) is 5.75 Å². The Morgan fingerprint density at radius 3 is 2.60 bits per heavy atom. The van der Waals surface area contributed by atoms with Crippen LogP contribution in [0.15, 0.2) is 55.3 Å². The van der Waals surface area contributed by atoms with Gasteiger partial charge in [0.1, 0.15) is 22.3 Å². The second kappa shape index (κ2) is 12.8. The van der Waals surface area contributed by atoms with Gasteiger partial charge in [0.05, 0.1) is 29.2 Å². The highest BCUT2D eigenvalue weighted by Gasteiger charge is 2.17. The number of hydrogen-bond acceptors (Lipinski definition) is 10. The number of rotatable bonds is 11. The monoisotopic (exact) mass is 582 g/mol. The standard InChI is InChI=1S/C27H28ClFN8O2S/c1-6-24(38)31-20-14-21(23(39-5)15-22(20)37(4)12-11-36(2)3)33-27-30-10-9-19(32-27)26-35-34-25(40-26)16-7-8-18(29)17(28)13-16/h6-10,13-15H,1,11-12H2,2-5H3,(H,31,38)(H,30,32,33). The first-order valence-corrected chi connectivity index (χ1v) is 13.3. The summed E-state index contributed by atoms with van der Waals surface area (Å²) in [6.07, 6.45) is 2.81. The zero-order chi connectivity index (χ0) is 28.8. The maximum Gasteiger partial charge on any atom is 0.247 e. The number of anilines is 4. The molecule has 0 aliphatic heterocycles. The van der Waals surface area contributed by atoms with E-state index in [0.717, 1.165) is 18.8 Å². The van der Waals surface area contributed by atoms with Crippen LogP contribution in [0.4, 0.5) is 27.4 Å². The number of nitrogens with zero attached hydrogens (tertiary/aromatic N) is 6. The molecule has 2 heterocycles. The second-order valence-corrected chi connectivity index (χ2v) is 10.3. The lowest BCUT2D eigenvalue weighted by Crippen LogP contribution is -2.29. The molecule has 0 fully saturated rings. The average Bonchev–Trinajstić information content (AvgIpc) is 3.44. The SMILES string of the molecule is C=CC(=O)Nc1cc(Nc2nccc(-c3nnc(-c4ccc(F)c(Cl)c4)s3)n2)c(OC)cc1N(C)CCN(C)C. The molecule has 4 rings (SSSR count). The van der Waals surface area contributed by atoms with E-state index in [1.807, 2.05) is 32.1 Å². The van der Waals surface area contributed by atoms with Crippen molar-refractivity contribution in [2.75, 3.05) is 56.9 Å². The van der Waals surface area contributed by atoms with E-state index in [0.29, 0.717) is 38.4 Å². The molecular formula is C27H28ClFN8O2S. The van der Waals surface area contributed by atoms with E-state index in [1.54, 1.807) is 31.5 Å². The van der Waals surface area contributed by atoms with E-state index in [2.05, 4.69) is 42.3 Å². The third-order valence-electron chi connectivity index (χ3n) is 5.77. The fraction of sp³-hybridized carbons (Fsp3) is 0.222. The van der Waals surface area contributed by atoms with Crippen molar-refractivity contribution < 1.29 is 13.9 Å². The van der Waals surface area contributed by atoms with Gasteiger partial charge < -0.3 is 25.2 Å². The fourth-order valence-corrected chi connectivity index (χ4v) is 4.63. The number of aromatic nitrogens is 4. The molecule has 2 aromatic carbocycles. The van der Waals surface area contributed by atoms with Crippen LogP contribution in [0.2, 0.25) is 5.02 Å². The van der Waals surface area contributed by atoms with Gasteiger partial charge in [-0.25, -0.2) is 14.4 Å². The largest absolute Gasteiger partial charge is 0.494 e. The lowest BCUT2D eigenvalue weighted by molar-refractivity contribution is -0.111. The Kier molecular flexibility index (Phi) is 9.25. The maximum absolute atomic E-state index is 13.6. The number of carbonyl (C=O) groups is 1. The highest BCUT2D eigenvalue weighted by molar-refractivity contribution is 7.17. The molecule has 2 aromatic heterocycles. The fourth-order valence-electron chi connectivity index (χ4n) is 3.64. The Hall–Kier alpha value is -4.13. The summed E-state index contributed by atoms with van der Waals surface area (Å²) in [6.45, 7) is 5.09. The molecule has 0 bridgehead atoms. The molecule has 0 unspecified atom stereocenters. The van der Waals surface area contributed by atoms with Gasteiger partial charge >= 0.3 is 0 Å². The van der Waals surface area contributed by atoms with Crippen LogP contribution in [0.1, 0.15) is 0 Å². The van der Waals surface area contributed by atoms with Crippen LogP contribution in [0, 0.1) is 5.82 Å². The molecule has 0 saturated heterocycles. The van der Waals surface area contributed by atoms with Crippen LogP contribution in [-0.2, 0) is 4.79 Å². The van der Waals surface area contributed by atoms with E-state index in [1.165, 1.54) is 29.5 Å². The molecule has 0 radical (unpaired) electrons. The predicted octanol–water partition coefficient (Wildman–Crippen LogP) is 5.33. The number of halogens is 2. The maximum atomic E-state index is 13.6. The number of benzene rings is 2. The number of ether oxygens (including phenoxy) is 1. The molecule has 2 N–H and O–H groups in total. The first-order chi connectivity index (χ1) is 19.2. The van der Waals surface area contributed by atoms with Gasteiger partial charge in [-0.2, -0.15) is 0 Å². The Morgan fingerprint density at radius 2 is 1.90 bits per heavy atom. The molecule has 0 aliphatic carbocycles. The second-order valence-electron chi connectivity index (χ2n) is 8.92. The molecule has 4 aromatic rings. The molecule has 0 spiro atoms. The lowest BCUT2D eigenvalue weighted by Gasteiger charge is -2.26. The van der Waals surface area contributed by atoms with Crippen molar-refractivity contribution in [2.24, 2.45) is 0 Å². The Morgan fingerprint density at radius 1 is 1.12 bits per heavy atom. The summed E-state index contributed by atoms with van der Waals surface area (Å²) in [5.74, 6) is -0.0283. The number of likely N-dealkylation sites (N-methyl/N-ethyl adjacent to an activating group) is 2. The highest BCUT2D eigenvalue weighted by Crippen LogP contribution is 2.38. The molecular weight excluding hydrogens is 555 g/mol. The molecule has 10 nitrogen and oxygen atoms in total. The summed E-state index contributed by atoms with van der Waals surface area (Å²) in [4.78, 5) is 25.2. The normalized spacial score (nSPS) is 10.9. The van der Waals surface area contributed by atoms with Gasteiger partial charge in [-0.15, -0.1) is 10.2 Å². The van der Waals surface area contributed by atoms with Crippen molar-refractivity contribution >= 4 is 51.9 Å². The van der Waals surface area contributed by atoms with E-state index in [4.69, 9.17) is 16.3 Å². The molecule has 1 amide bonds. The van der Waals surface area contributed by atoms with E-state index >= 15 is 0 Å². The lowest BCUT2D eigenvalue weighted by atomic mass is 10.2. The summed E-state index contributed by atoms with van der Waals surface area (Å²) in [6, 6.07) is 9.70. The molecule has 0 saturated carbocycles. The molecule has 13 heteroatoms. The van der Waals surface area contributed by atoms with E-state index in [-0.39, 0.29) is 16.9 Å². The van der Waals surface area contributed by atoms with Gasteiger partial charge in [-0.05, 0) is 50.5 Å². The summed E-state index contributed by atoms with van der Waals surface area (Å²) >= 11 is 7.21. The van der Waals surface area contributed by atoms with E-state index in [9.17, 15) is 9.18 Å². The average molecular weight is 583 g/mol. The van der Waals surface area contributed by atoms with Gasteiger partial charge in [0.25, 0.3) is 0 Å². The topological polar surface area (TPSA) is 108 Å². The Labute approximate surface area is 240 Å². The van der Waals surface area contributed by atoms with Gasteiger partial charge in [0, 0.05) is 38.0 Å². The quantitative estimate of drug-likeness (QED) is 0.227. The Bertz CT molecular complexity index is 1530. The minimum Gasteiger partial charge on any atom is -0.494 e. The Balaban J connectivity index is 1.64. The number of carbonyl (C=O) groups excluding carboxylic acids is 1. The van der Waals surface area contributed by atoms with Gasteiger partial charge in [0.15, 0.2) is 5.01 Å². The van der Waals surface area contributed by atoms with Crippen LogP contribution in [-0.4, -0.2) is 72.3 Å². The first kappa shape index (κ1) is 28.9. The molecule has 0 aliphatic rings. The number of amides is 1. The molecule has 40 heavy (non-hydrogen) atoms. The predicted molar refractivity (Wildman–Crippen MR) is 158 cm³/mol. The van der Waals surface area contributed by atoms with Gasteiger partial charge in [-0.3, -0.25) is 4.79 Å². The van der Waals surface area contributed by atoms with Crippen LogP contribution in [0.25, 0.3) is 21.3 Å². The highest BCUT2D eigenvalue weighted by atomic mass is 35.5. The minimum atomic E-state index is -0.502. The summed E-state index contributed by atoms with van der Waals surface area (Å²) in [5, 5.41) is 15.6. The van der Waals surface area contributed by atoms with Crippen molar-refractivity contribution in [1.29, 1.82) is 0 Å². The smallest absolute Gasteiger partial charge is 0.247 e. The molecule has 0 atom stereocenters. The third kappa shape index (κ3) is 6.89. The number of methoxy groups -OCH3 is 1. The third-order valence-corrected chi connectivity index (χ3v) is 7.05. The van der Waals surface area contributed by atoms with Crippen LogP contribution < -0.4 is 20.3 Å². The van der Waals surface area contributed by atoms with E-state index < -0.39 is 5.82 Å². The minimum absolute atomic E-state index is 0.00952. The summed E-state index contributed by atoms with van der Waals surface area (Å²) < 4.78 is 19.2. The van der Waals surface area contributed by atoms with Crippen molar-refractivity contribution in [2.45, 2.75) is 0 Å². The van der Waals surface area contributed by atoms with Crippen molar-refractivity contribution in [1.82, 2.24) is 25.1 Å². The zero-order valence-electron chi connectivity index (χ0n) is 22.4. The number of nitrogens with one attached hydrogen (secondary N) is 2. The van der Waals surface area contributed by atoms with Gasteiger partial charge in [0.2, 0.25) is 11.9 Å². The summed E-state index contributed by atoms with van der Waals surface area (Å²) in [7, 11) is 7.50. The number of hydrogen-bond donors (Lipinski definition) is 2. The van der Waals surface area contributed by atoms with Crippen molar-refractivity contribution in [3.63, 3.8) is 0 Å². The summed E-state index contributed by atoms with van der Waals surface area (Å²) in [5.41, 5.74) is 3.07. The zero-order valence-corrected chi connectivity index (χ0v) is 24.0. The van der Waals surface area contributed by atoms with Crippen LogP contribution in [0.3, 0.4) is 0 Å². The van der Waals surface area contributed by atoms with Crippen molar-refractivity contribution in [3.8, 4) is 27.0 Å². The first-order valence-electron chi connectivity index (χ1n) is 12.1. The van der Waals surface area contributed by atoms with Gasteiger partial charge in [-0.1, -0.05) is 29.5 Å². The van der Waals surface area contributed by atoms with Crippen molar-refractivity contribution in [3.05, 3.63) is 66.1 Å². The van der Waals surface area contributed by atoms with Crippen LogP contribution >= 0.6 is 22.9 Å². The molecule has 208 valence electrons.